The summed E-state index contributed by atoms with van der Waals surface area (Å²) in [5.41, 5.74) is 0. The molecule has 0 aliphatic carbocycles. The molecule has 2 N–H and O–H groups in total. The fourth-order valence-electron chi connectivity index (χ4n) is 2.64. The predicted octanol–water partition coefficient (Wildman–Crippen LogP) is 2.50. The Balaban J connectivity index is 1.99. The molecule has 1 aliphatic heterocycles. The highest BCUT2D eigenvalue weighted by atomic mass is 16.3. The monoisotopic (exact) mass is 263 g/mol. The Morgan fingerprint density at radius 3 is 3.16 bits per heavy atom. The lowest BCUT2D eigenvalue weighted by molar-refractivity contribution is 0.244. The maximum atomic E-state index is 9.07. The molecule has 2 rings (SSSR count). The lowest BCUT2D eigenvalue weighted by Gasteiger charge is -2.33. The first-order valence-corrected chi connectivity index (χ1v) is 7.40. The van der Waals surface area contributed by atoms with Crippen molar-refractivity contribution in [1.29, 1.82) is 0 Å². The molecule has 4 nitrogen and oxygen atoms in total. The zero-order valence-electron chi connectivity index (χ0n) is 11.8. The van der Waals surface area contributed by atoms with Gasteiger partial charge in [0.2, 0.25) is 0 Å². The van der Waals surface area contributed by atoms with Crippen molar-refractivity contribution in [1.82, 2.24) is 4.98 Å². The summed E-state index contributed by atoms with van der Waals surface area (Å²) in [5.74, 6) is 2.63. The molecule has 0 bridgehead atoms. The largest absolute Gasteiger partial charge is 0.396 e. The van der Waals surface area contributed by atoms with Crippen LogP contribution >= 0.6 is 0 Å². The van der Waals surface area contributed by atoms with Gasteiger partial charge in [-0.2, -0.15) is 0 Å². The molecule has 2 heterocycles. The summed E-state index contributed by atoms with van der Waals surface area (Å²) in [4.78, 5) is 7.03. The fraction of sp³-hybridized carbons (Fsp3) is 0.667. The number of hydrogen-bond acceptors (Lipinski definition) is 4. The topological polar surface area (TPSA) is 48.4 Å². The summed E-state index contributed by atoms with van der Waals surface area (Å²) in [6.45, 7) is 5.51. The van der Waals surface area contributed by atoms with Crippen molar-refractivity contribution in [2.45, 2.75) is 32.6 Å². The third kappa shape index (κ3) is 4.10. The van der Waals surface area contributed by atoms with E-state index in [4.69, 9.17) is 5.11 Å². The minimum absolute atomic E-state index is 0.296. The summed E-state index contributed by atoms with van der Waals surface area (Å²) in [5, 5.41) is 12.4. The van der Waals surface area contributed by atoms with Crippen LogP contribution in [0.25, 0.3) is 0 Å². The molecule has 0 aromatic carbocycles. The summed E-state index contributed by atoms with van der Waals surface area (Å²) in [6, 6.07) is 6.17. The SMILES string of the molecule is CCCNc1cccc(N2CCCC(CCO)C2)n1. The van der Waals surface area contributed by atoms with Crippen LogP contribution in [0.15, 0.2) is 18.2 Å². The van der Waals surface area contributed by atoms with Gasteiger partial charge in [0.15, 0.2) is 0 Å². The predicted molar refractivity (Wildman–Crippen MR) is 79.7 cm³/mol. The number of hydrogen-bond donors (Lipinski definition) is 2. The molecule has 1 atom stereocenters. The van der Waals surface area contributed by atoms with Gasteiger partial charge in [0.1, 0.15) is 11.6 Å². The Morgan fingerprint density at radius 1 is 1.47 bits per heavy atom. The van der Waals surface area contributed by atoms with Crippen molar-refractivity contribution in [3.8, 4) is 0 Å². The number of nitrogens with zero attached hydrogens (tertiary/aromatic N) is 2. The molecule has 1 unspecified atom stereocenters. The molecular formula is C15H25N3O. The van der Waals surface area contributed by atoms with Gasteiger partial charge in [-0.1, -0.05) is 13.0 Å². The van der Waals surface area contributed by atoms with Gasteiger partial charge in [0, 0.05) is 26.2 Å². The molecular weight excluding hydrogens is 238 g/mol. The van der Waals surface area contributed by atoms with E-state index < -0.39 is 0 Å². The molecule has 1 aromatic rings. The zero-order chi connectivity index (χ0) is 13.5. The molecule has 0 saturated carbocycles. The van der Waals surface area contributed by atoms with Gasteiger partial charge >= 0.3 is 0 Å². The Labute approximate surface area is 115 Å². The Hall–Kier alpha value is -1.29. The average molecular weight is 263 g/mol. The molecule has 4 heteroatoms. The van der Waals surface area contributed by atoms with E-state index in [0.717, 1.165) is 44.1 Å². The van der Waals surface area contributed by atoms with E-state index in [1.807, 2.05) is 6.07 Å². The number of pyridine rings is 1. The van der Waals surface area contributed by atoms with E-state index in [2.05, 4.69) is 34.3 Å². The van der Waals surface area contributed by atoms with Gasteiger partial charge in [-0.15, -0.1) is 0 Å². The van der Waals surface area contributed by atoms with Crippen molar-refractivity contribution in [2.75, 3.05) is 36.5 Å². The lowest BCUT2D eigenvalue weighted by Crippen LogP contribution is -2.36. The first kappa shape index (κ1) is 14.1. The molecule has 1 aliphatic rings. The van der Waals surface area contributed by atoms with Crippen LogP contribution in [0.1, 0.15) is 32.6 Å². The number of anilines is 2. The van der Waals surface area contributed by atoms with Crippen molar-refractivity contribution in [2.24, 2.45) is 5.92 Å². The maximum absolute atomic E-state index is 9.07. The number of rotatable bonds is 6. The molecule has 0 spiro atoms. The first-order valence-electron chi connectivity index (χ1n) is 7.40. The van der Waals surface area contributed by atoms with Crippen LogP contribution in [-0.2, 0) is 0 Å². The van der Waals surface area contributed by atoms with Crippen molar-refractivity contribution in [3.63, 3.8) is 0 Å². The summed E-state index contributed by atoms with van der Waals surface area (Å²) < 4.78 is 0. The van der Waals surface area contributed by atoms with Gasteiger partial charge in [-0.25, -0.2) is 4.98 Å². The summed E-state index contributed by atoms with van der Waals surface area (Å²) >= 11 is 0. The van der Waals surface area contributed by atoms with Crippen LogP contribution in [0.5, 0.6) is 0 Å². The molecule has 0 amide bonds. The normalized spacial score (nSPS) is 19.5. The van der Waals surface area contributed by atoms with E-state index in [-0.39, 0.29) is 0 Å². The molecule has 1 saturated heterocycles. The molecule has 19 heavy (non-hydrogen) atoms. The third-order valence-corrected chi connectivity index (χ3v) is 3.67. The van der Waals surface area contributed by atoms with E-state index in [1.165, 1.54) is 12.8 Å². The second kappa shape index (κ2) is 7.34. The van der Waals surface area contributed by atoms with E-state index in [1.54, 1.807) is 0 Å². The standard InChI is InChI=1S/C15H25N3O/c1-2-9-16-14-6-3-7-15(17-14)18-10-4-5-13(12-18)8-11-19/h3,6-7,13,19H,2,4-5,8-12H2,1H3,(H,16,17). The Bertz CT molecular complexity index is 381. The number of nitrogens with one attached hydrogen (secondary N) is 1. The first-order chi connectivity index (χ1) is 9.33. The average Bonchev–Trinajstić information content (AvgIpc) is 2.46. The minimum atomic E-state index is 0.296. The minimum Gasteiger partial charge on any atom is -0.396 e. The van der Waals surface area contributed by atoms with Gasteiger partial charge < -0.3 is 15.3 Å². The quantitative estimate of drug-likeness (QED) is 0.828. The van der Waals surface area contributed by atoms with E-state index in [0.29, 0.717) is 12.5 Å². The van der Waals surface area contributed by atoms with Crippen molar-refractivity contribution >= 4 is 11.6 Å². The van der Waals surface area contributed by atoms with E-state index in [9.17, 15) is 0 Å². The third-order valence-electron chi connectivity index (χ3n) is 3.67. The summed E-state index contributed by atoms with van der Waals surface area (Å²) in [6.07, 6.45) is 4.43. The van der Waals surface area contributed by atoms with Gasteiger partial charge in [-0.3, -0.25) is 0 Å². The number of piperidine rings is 1. The van der Waals surface area contributed by atoms with Crippen LogP contribution in [0, 0.1) is 5.92 Å². The van der Waals surface area contributed by atoms with Crippen LogP contribution < -0.4 is 10.2 Å². The second-order valence-electron chi connectivity index (χ2n) is 5.27. The highest BCUT2D eigenvalue weighted by Gasteiger charge is 2.20. The Morgan fingerprint density at radius 2 is 2.37 bits per heavy atom. The molecule has 1 fully saturated rings. The zero-order valence-corrected chi connectivity index (χ0v) is 11.8. The molecule has 106 valence electrons. The number of aromatic nitrogens is 1. The Kier molecular flexibility index (Phi) is 5.45. The lowest BCUT2D eigenvalue weighted by atomic mass is 9.95. The van der Waals surface area contributed by atoms with Crippen LogP contribution in [0.3, 0.4) is 0 Å². The highest BCUT2D eigenvalue weighted by molar-refractivity contribution is 5.47. The van der Waals surface area contributed by atoms with Gasteiger partial charge in [0.25, 0.3) is 0 Å². The highest BCUT2D eigenvalue weighted by Crippen LogP contribution is 2.24. The number of aliphatic hydroxyl groups is 1. The second-order valence-corrected chi connectivity index (χ2v) is 5.27. The maximum Gasteiger partial charge on any atom is 0.130 e. The van der Waals surface area contributed by atoms with Crippen LogP contribution in [0.4, 0.5) is 11.6 Å². The fourth-order valence-corrected chi connectivity index (χ4v) is 2.64. The summed E-state index contributed by atoms with van der Waals surface area (Å²) in [7, 11) is 0. The van der Waals surface area contributed by atoms with Crippen LogP contribution in [0.2, 0.25) is 0 Å². The number of aliphatic hydroxyl groups excluding tert-OH is 1. The smallest absolute Gasteiger partial charge is 0.130 e. The van der Waals surface area contributed by atoms with Gasteiger partial charge in [0.05, 0.1) is 0 Å². The molecule has 0 radical (unpaired) electrons. The van der Waals surface area contributed by atoms with Crippen LogP contribution in [-0.4, -0.2) is 36.3 Å². The van der Waals surface area contributed by atoms with Crippen molar-refractivity contribution in [3.05, 3.63) is 18.2 Å². The van der Waals surface area contributed by atoms with E-state index >= 15 is 0 Å². The molecule has 1 aromatic heterocycles. The van der Waals surface area contributed by atoms with Crippen molar-refractivity contribution < 1.29 is 5.11 Å². The van der Waals surface area contributed by atoms with Gasteiger partial charge in [-0.05, 0) is 43.7 Å².